The average molecular weight is 261 g/mol. The van der Waals surface area contributed by atoms with E-state index >= 15 is 0 Å². The fourth-order valence-electron chi connectivity index (χ4n) is 2.50. The van der Waals surface area contributed by atoms with Crippen molar-refractivity contribution in [3.05, 3.63) is 29.8 Å². The molecule has 0 radical (unpaired) electrons. The van der Waals surface area contributed by atoms with Crippen molar-refractivity contribution >= 4 is 5.91 Å². The molecule has 1 aromatic carbocycles. The van der Waals surface area contributed by atoms with E-state index in [-0.39, 0.29) is 5.91 Å². The van der Waals surface area contributed by atoms with Crippen molar-refractivity contribution in [3.63, 3.8) is 0 Å². The summed E-state index contributed by atoms with van der Waals surface area (Å²) in [7, 11) is 0. The molecule has 19 heavy (non-hydrogen) atoms. The summed E-state index contributed by atoms with van der Waals surface area (Å²) in [5, 5.41) is 0. The van der Waals surface area contributed by atoms with E-state index in [1.54, 1.807) is 0 Å². The van der Waals surface area contributed by atoms with Gasteiger partial charge in [-0.25, -0.2) is 0 Å². The maximum absolute atomic E-state index is 11.6. The zero-order valence-electron chi connectivity index (χ0n) is 11.9. The largest absolute Gasteiger partial charge is 0.494 e. The average Bonchev–Trinajstić information content (AvgIpc) is 2.89. The van der Waals surface area contributed by atoms with Crippen molar-refractivity contribution in [2.24, 2.45) is 5.92 Å². The highest BCUT2D eigenvalue weighted by Gasteiger charge is 2.24. The molecule has 2 rings (SSSR count). The fraction of sp³-hybridized carbons (Fsp3) is 0.562. The summed E-state index contributed by atoms with van der Waals surface area (Å²) in [6, 6.07) is 8.15. The fourth-order valence-corrected chi connectivity index (χ4v) is 2.50. The topological polar surface area (TPSA) is 29.5 Å². The molecule has 104 valence electrons. The van der Waals surface area contributed by atoms with Crippen LogP contribution in [0.15, 0.2) is 24.3 Å². The van der Waals surface area contributed by atoms with Gasteiger partial charge in [0.2, 0.25) is 5.91 Å². The first-order valence-corrected chi connectivity index (χ1v) is 7.16. The molecule has 1 fully saturated rings. The summed E-state index contributed by atoms with van der Waals surface area (Å²) in [5.74, 6) is 1.81. The molecule has 1 unspecified atom stereocenters. The Kier molecular flexibility index (Phi) is 4.83. The molecule has 0 N–H and O–H groups in total. The number of rotatable bonds is 5. The number of amides is 1. The van der Waals surface area contributed by atoms with Gasteiger partial charge >= 0.3 is 0 Å². The summed E-state index contributed by atoms with van der Waals surface area (Å²) in [4.78, 5) is 13.6. The minimum absolute atomic E-state index is 0.280. The van der Waals surface area contributed by atoms with Crippen molar-refractivity contribution in [3.8, 4) is 5.75 Å². The van der Waals surface area contributed by atoms with Gasteiger partial charge in [-0.15, -0.1) is 0 Å². The van der Waals surface area contributed by atoms with Gasteiger partial charge in [-0.2, -0.15) is 0 Å². The first-order valence-electron chi connectivity index (χ1n) is 7.16. The van der Waals surface area contributed by atoms with E-state index in [0.29, 0.717) is 12.3 Å². The number of likely N-dealkylation sites (tertiary alicyclic amines) is 1. The normalized spacial score (nSPS) is 18.6. The monoisotopic (exact) mass is 261 g/mol. The van der Waals surface area contributed by atoms with Crippen LogP contribution in [0.3, 0.4) is 0 Å². The van der Waals surface area contributed by atoms with Crippen LogP contribution in [-0.2, 0) is 4.79 Å². The summed E-state index contributed by atoms with van der Waals surface area (Å²) >= 11 is 0. The quantitative estimate of drug-likeness (QED) is 0.815. The summed E-state index contributed by atoms with van der Waals surface area (Å²) in [6.07, 6.45) is 2.76. The molecule has 0 aromatic heterocycles. The van der Waals surface area contributed by atoms with E-state index in [1.165, 1.54) is 5.56 Å². The molecular weight excluding hydrogens is 238 g/mol. The highest BCUT2D eigenvalue weighted by molar-refractivity contribution is 5.76. The van der Waals surface area contributed by atoms with Crippen molar-refractivity contribution in [1.82, 2.24) is 4.90 Å². The van der Waals surface area contributed by atoms with Crippen LogP contribution in [0.25, 0.3) is 0 Å². The van der Waals surface area contributed by atoms with Crippen LogP contribution >= 0.6 is 0 Å². The Morgan fingerprint density at radius 1 is 1.37 bits per heavy atom. The second-order valence-corrected chi connectivity index (χ2v) is 5.30. The number of aryl methyl sites for hydroxylation is 1. The molecule has 1 amide bonds. The van der Waals surface area contributed by atoms with Crippen LogP contribution in [0.5, 0.6) is 5.75 Å². The first-order chi connectivity index (χ1) is 9.19. The highest BCUT2D eigenvalue weighted by Crippen LogP contribution is 2.21. The van der Waals surface area contributed by atoms with Gasteiger partial charge in [0, 0.05) is 19.5 Å². The minimum Gasteiger partial charge on any atom is -0.494 e. The molecule has 0 aliphatic carbocycles. The second kappa shape index (κ2) is 6.60. The minimum atomic E-state index is 0.280. The summed E-state index contributed by atoms with van der Waals surface area (Å²) < 4.78 is 5.74. The second-order valence-electron chi connectivity index (χ2n) is 5.30. The lowest BCUT2D eigenvalue weighted by Crippen LogP contribution is -2.27. The Morgan fingerprint density at radius 3 is 2.79 bits per heavy atom. The SMILES string of the molecule is CCC(=O)N1CCC(CCOc2ccc(C)cc2)C1. The zero-order valence-corrected chi connectivity index (χ0v) is 11.9. The zero-order chi connectivity index (χ0) is 13.7. The van der Waals surface area contributed by atoms with Gasteiger partial charge in [0.25, 0.3) is 0 Å². The van der Waals surface area contributed by atoms with Gasteiger partial charge in [-0.3, -0.25) is 4.79 Å². The molecular formula is C16H23NO2. The Balaban J connectivity index is 1.69. The van der Waals surface area contributed by atoms with Gasteiger partial charge in [0.15, 0.2) is 0 Å². The van der Waals surface area contributed by atoms with Crippen LogP contribution in [0.4, 0.5) is 0 Å². The van der Waals surface area contributed by atoms with Crippen LogP contribution in [0.2, 0.25) is 0 Å². The smallest absolute Gasteiger partial charge is 0.222 e. The Labute approximate surface area is 115 Å². The molecule has 1 aromatic rings. The molecule has 3 nitrogen and oxygen atoms in total. The van der Waals surface area contributed by atoms with E-state index in [9.17, 15) is 4.79 Å². The number of carbonyl (C=O) groups excluding carboxylic acids is 1. The number of hydrogen-bond donors (Lipinski definition) is 0. The third kappa shape index (κ3) is 3.98. The first kappa shape index (κ1) is 13.9. The van der Waals surface area contributed by atoms with E-state index in [0.717, 1.165) is 38.3 Å². The van der Waals surface area contributed by atoms with Gasteiger partial charge in [-0.05, 0) is 37.8 Å². The Bertz CT molecular complexity index is 413. The number of ether oxygens (including phenoxy) is 1. The molecule has 0 saturated carbocycles. The van der Waals surface area contributed by atoms with Crippen molar-refractivity contribution in [2.45, 2.75) is 33.1 Å². The predicted molar refractivity (Wildman–Crippen MR) is 76.3 cm³/mol. The van der Waals surface area contributed by atoms with Crippen LogP contribution in [0.1, 0.15) is 31.7 Å². The third-order valence-corrected chi connectivity index (χ3v) is 3.76. The maximum Gasteiger partial charge on any atom is 0.222 e. The molecule has 1 saturated heterocycles. The van der Waals surface area contributed by atoms with Crippen LogP contribution < -0.4 is 4.74 Å². The molecule has 1 aliphatic heterocycles. The van der Waals surface area contributed by atoms with Crippen LogP contribution in [0, 0.1) is 12.8 Å². The number of nitrogens with zero attached hydrogens (tertiary/aromatic N) is 1. The van der Waals surface area contributed by atoms with E-state index < -0.39 is 0 Å². The lowest BCUT2D eigenvalue weighted by molar-refractivity contribution is -0.129. The molecule has 1 heterocycles. The van der Waals surface area contributed by atoms with Gasteiger partial charge < -0.3 is 9.64 Å². The standard InChI is InChI=1S/C16H23NO2/c1-3-16(18)17-10-8-14(12-17)9-11-19-15-6-4-13(2)5-7-15/h4-7,14H,3,8-12H2,1-2H3. The van der Waals surface area contributed by atoms with Crippen molar-refractivity contribution < 1.29 is 9.53 Å². The number of benzene rings is 1. The number of carbonyl (C=O) groups is 1. The van der Waals surface area contributed by atoms with Gasteiger partial charge in [-0.1, -0.05) is 24.6 Å². The summed E-state index contributed by atoms with van der Waals surface area (Å²) in [6.45, 7) is 6.56. The van der Waals surface area contributed by atoms with E-state index in [1.807, 2.05) is 24.0 Å². The van der Waals surface area contributed by atoms with E-state index in [4.69, 9.17) is 4.74 Å². The third-order valence-electron chi connectivity index (χ3n) is 3.76. The summed E-state index contributed by atoms with van der Waals surface area (Å²) in [5.41, 5.74) is 1.25. The molecule has 1 aliphatic rings. The molecule has 0 bridgehead atoms. The van der Waals surface area contributed by atoms with Crippen molar-refractivity contribution in [1.29, 1.82) is 0 Å². The molecule has 3 heteroatoms. The Hall–Kier alpha value is -1.51. The predicted octanol–water partition coefficient (Wildman–Crippen LogP) is 3.02. The van der Waals surface area contributed by atoms with Crippen LogP contribution in [-0.4, -0.2) is 30.5 Å². The lowest BCUT2D eigenvalue weighted by Gasteiger charge is -2.15. The lowest BCUT2D eigenvalue weighted by atomic mass is 10.1. The maximum atomic E-state index is 11.6. The van der Waals surface area contributed by atoms with E-state index in [2.05, 4.69) is 19.1 Å². The van der Waals surface area contributed by atoms with Crippen molar-refractivity contribution in [2.75, 3.05) is 19.7 Å². The van der Waals surface area contributed by atoms with Gasteiger partial charge in [0.05, 0.1) is 6.61 Å². The Morgan fingerprint density at radius 2 is 2.11 bits per heavy atom. The van der Waals surface area contributed by atoms with Gasteiger partial charge in [0.1, 0.15) is 5.75 Å². The highest BCUT2D eigenvalue weighted by atomic mass is 16.5. The number of hydrogen-bond acceptors (Lipinski definition) is 2. The molecule has 1 atom stereocenters. The molecule has 0 spiro atoms.